The number of benzene rings is 2. The smallest absolute Gasteiger partial charge is 0.251 e. The van der Waals surface area contributed by atoms with E-state index >= 15 is 0 Å². The minimum Gasteiger partial charge on any atom is -0.359 e. The van der Waals surface area contributed by atoms with Gasteiger partial charge in [0.05, 0.1) is 18.7 Å². The molecule has 1 atom stereocenters. The van der Waals surface area contributed by atoms with Crippen molar-refractivity contribution in [1.29, 1.82) is 0 Å². The first-order valence-corrected chi connectivity index (χ1v) is 8.74. The molecule has 2 amide bonds. The third kappa shape index (κ3) is 4.41. The molecule has 0 aliphatic rings. The van der Waals surface area contributed by atoms with Crippen molar-refractivity contribution in [2.24, 2.45) is 0 Å². The van der Waals surface area contributed by atoms with Crippen LogP contribution in [-0.4, -0.2) is 29.1 Å². The van der Waals surface area contributed by atoms with Crippen LogP contribution in [0.25, 0.3) is 11.1 Å². The van der Waals surface area contributed by atoms with Gasteiger partial charge in [0.1, 0.15) is 0 Å². The number of hydrogen-bond donors (Lipinski definition) is 3. The number of nitrogens with one attached hydrogen (secondary N) is 3. The fourth-order valence-electron chi connectivity index (χ4n) is 2.99. The predicted octanol–water partition coefficient (Wildman–Crippen LogP) is 2.99. The molecule has 0 saturated carbocycles. The number of rotatable bonds is 6. The molecule has 0 aliphatic heterocycles. The summed E-state index contributed by atoms with van der Waals surface area (Å²) in [6.07, 6.45) is 3.74. The monoisotopic (exact) mass is 362 g/mol. The van der Waals surface area contributed by atoms with Crippen molar-refractivity contribution in [2.75, 3.05) is 7.05 Å². The molecule has 0 radical (unpaired) electrons. The molecule has 3 rings (SSSR count). The molecular formula is C21H22N4O2. The number of aromatic nitrogens is 2. The topological polar surface area (TPSA) is 86.9 Å². The second-order valence-corrected chi connectivity index (χ2v) is 6.33. The van der Waals surface area contributed by atoms with E-state index in [0.29, 0.717) is 5.56 Å². The fraction of sp³-hybridized carbons (Fsp3) is 0.190. The Bertz CT molecular complexity index is 921. The Balaban J connectivity index is 1.81. The maximum absolute atomic E-state index is 12.8. The molecule has 2 aromatic carbocycles. The first-order chi connectivity index (χ1) is 13.1. The molecule has 6 nitrogen and oxygen atoms in total. The van der Waals surface area contributed by atoms with E-state index in [1.54, 1.807) is 19.3 Å². The molecule has 138 valence electrons. The van der Waals surface area contributed by atoms with Crippen molar-refractivity contribution < 1.29 is 9.59 Å². The maximum Gasteiger partial charge on any atom is 0.251 e. The van der Waals surface area contributed by atoms with Gasteiger partial charge in [-0.25, -0.2) is 0 Å². The van der Waals surface area contributed by atoms with Gasteiger partial charge in [0.15, 0.2) is 0 Å². The standard InChI is InChI=1S/C21H22N4O2/c1-14-10-16(8-9-18(14)17-12-23-24-13-17)21(27)25-19(11-20(26)22-2)15-6-4-3-5-7-15/h3-10,12-13,19H,11H2,1-2H3,(H,22,26)(H,23,24)(H,25,27)/t19-/m1/s1. The van der Waals surface area contributed by atoms with E-state index in [2.05, 4.69) is 20.8 Å². The van der Waals surface area contributed by atoms with Gasteiger partial charge >= 0.3 is 0 Å². The van der Waals surface area contributed by atoms with E-state index < -0.39 is 6.04 Å². The van der Waals surface area contributed by atoms with Crippen LogP contribution in [0.4, 0.5) is 0 Å². The largest absolute Gasteiger partial charge is 0.359 e. The minimum atomic E-state index is -0.396. The van der Waals surface area contributed by atoms with Crippen molar-refractivity contribution in [2.45, 2.75) is 19.4 Å². The van der Waals surface area contributed by atoms with E-state index in [0.717, 1.165) is 22.3 Å². The highest BCUT2D eigenvalue weighted by Crippen LogP contribution is 2.24. The molecule has 0 unspecified atom stereocenters. The third-order valence-corrected chi connectivity index (χ3v) is 4.47. The summed E-state index contributed by atoms with van der Waals surface area (Å²) in [6, 6.07) is 14.6. The highest BCUT2D eigenvalue weighted by Gasteiger charge is 2.19. The molecule has 0 bridgehead atoms. The van der Waals surface area contributed by atoms with Crippen LogP contribution in [-0.2, 0) is 4.79 Å². The molecule has 6 heteroatoms. The maximum atomic E-state index is 12.8. The minimum absolute atomic E-state index is 0.129. The highest BCUT2D eigenvalue weighted by atomic mass is 16.2. The zero-order valence-corrected chi connectivity index (χ0v) is 15.3. The van der Waals surface area contributed by atoms with E-state index in [-0.39, 0.29) is 18.2 Å². The number of aromatic amines is 1. The number of H-pyrrole nitrogens is 1. The summed E-state index contributed by atoms with van der Waals surface area (Å²) in [4.78, 5) is 24.7. The van der Waals surface area contributed by atoms with Gasteiger partial charge in [-0.15, -0.1) is 0 Å². The van der Waals surface area contributed by atoms with Gasteiger partial charge in [-0.05, 0) is 35.7 Å². The zero-order chi connectivity index (χ0) is 19.2. The van der Waals surface area contributed by atoms with Crippen LogP contribution in [0.3, 0.4) is 0 Å². The summed E-state index contributed by atoms with van der Waals surface area (Å²) in [6.45, 7) is 1.96. The van der Waals surface area contributed by atoms with Crippen LogP contribution >= 0.6 is 0 Å². The molecule has 27 heavy (non-hydrogen) atoms. The second-order valence-electron chi connectivity index (χ2n) is 6.33. The molecule has 0 aliphatic carbocycles. The summed E-state index contributed by atoms with van der Waals surface area (Å²) in [5, 5.41) is 12.3. The Labute approximate surface area is 158 Å². The van der Waals surface area contributed by atoms with Crippen LogP contribution in [0.5, 0.6) is 0 Å². The average Bonchev–Trinajstić information content (AvgIpc) is 3.22. The lowest BCUT2D eigenvalue weighted by atomic mass is 9.99. The number of carbonyl (C=O) groups excluding carboxylic acids is 2. The SMILES string of the molecule is CNC(=O)C[C@@H](NC(=O)c1ccc(-c2cn[nH]c2)c(C)c1)c1ccccc1. The quantitative estimate of drug-likeness (QED) is 0.630. The van der Waals surface area contributed by atoms with Crippen LogP contribution in [0.2, 0.25) is 0 Å². The van der Waals surface area contributed by atoms with Crippen LogP contribution < -0.4 is 10.6 Å². The first-order valence-electron chi connectivity index (χ1n) is 8.74. The van der Waals surface area contributed by atoms with Crippen LogP contribution in [0, 0.1) is 6.92 Å². The summed E-state index contributed by atoms with van der Waals surface area (Å²) in [5.41, 5.74) is 4.41. The Morgan fingerprint density at radius 1 is 1.15 bits per heavy atom. The van der Waals surface area contributed by atoms with Crippen molar-refractivity contribution in [3.63, 3.8) is 0 Å². The fourth-order valence-corrected chi connectivity index (χ4v) is 2.99. The Morgan fingerprint density at radius 3 is 2.56 bits per heavy atom. The Kier molecular flexibility index (Phi) is 5.66. The van der Waals surface area contributed by atoms with Gasteiger partial charge in [-0.2, -0.15) is 5.10 Å². The van der Waals surface area contributed by atoms with Crippen molar-refractivity contribution in [1.82, 2.24) is 20.8 Å². The molecular weight excluding hydrogens is 340 g/mol. The van der Waals surface area contributed by atoms with Gasteiger partial charge in [0.2, 0.25) is 5.91 Å². The number of carbonyl (C=O) groups is 2. The van der Waals surface area contributed by atoms with Gasteiger partial charge in [-0.1, -0.05) is 36.4 Å². The Hall–Kier alpha value is -3.41. The summed E-state index contributed by atoms with van der Waals surface area (Å²) in [5.74, 6) is -0.342. The number of nitrogens with zero attached hydrogens (tertiary/aromatic N) is 1. The summed E-state index contributed by atoms with van der Waals surface area (Å²) < 4.78 is 0. The number of hydrogen-bond acceptors (Lipinski definition) is 3. The second kappa shape index (κ2) is 8.31. The Morgan fingerprint density at radius 2 is 1.93 bits per heavy atom. The molecule has 0 saturated heterocycles. The normalized spacial score (nSPS) is 11.6. The van der Waals surface area contributed by atoms with Crippen LogP contribution in [0.15, 0.2) is 60.9 Å². The molecule has 3 N–H and O–H groups in total. The average molecular weight is 362 g/mol. The lowest BCUT2D eigenvalue weighted by Crippen LogP contribution is -2.32. The van der Waals surface area contributed by atoms with Crippen molar-refractivity contribution in [3.8, 4) is 11.1 Å². The lowest BCUT2D eigenvalue weighted by Gasteiger charge is -2.19. The van der Waals surface area contributed by atoms with Crippen molar-refractivity contribution in [3.05, 3.63) is 77.6 Å². The first kappa shape index (κ1) is 18.4. The highest BCUT2D eigenvalue weighted by molar-refractivity contribution is 5.95. The molecule has 0 fully saturated rings. The van der Waals surface area contributed by atoms with Crippen LogP contribution in [0.1, 0.15) is 33.9 Å². The molecule has 3 aromatic rings. The van der Waals surface area contributed by atoms with E-state index in [1.807, 2.05) is 55.6 Å². The summed E-state index contributed by atoms with van der Waals surface area (Å²) >= 11 is 0. The van der Waals surface area contributed by atoms with Gasteiger partial charge in [0.25, 0.3) is 5.91 Å². The van der Waals surface area contributed by atoms with Gasteiger partial charge < -0.3 is 10.6 Å². The third-order valence-electron chi connectivity index (χ3n) is 4.47. The number of amides is 2. The summed E-state index contributed by atoms with van der Waals surface area (Å²) in [7, 11) is 1.59. The van der Waals surface area contributed by atoms with E-state index in [1.165, 1.54) is 0 Å². The van der Waals surface area contributed by atoms with E-state index in [9.17, 15) is 9.59 Å². The van der Waals surface area contributed by atoms with E-state index in [4.69, 9.17) is 0 Å². The lowest BCUT2D eigenvalue weighted by molar-refractivity contribution is -0.121. The predicted molar refractivity (Wildman–Crippen MR) is 104 cm³/mol. The zero-order valence-electron chi connectivity index (χ0n) is 15.3. The van der Waals surface area contributed by atoms with Gasteiger partial charge in [-0.3, -0.25) is 14.7 Å². The number of aryl methyl sites for hydroxylation is 1. The van der Waals surface area contributed by atoms with Crippen molar-refractivity contribution >= 4 is 11.8 Å². The molecule has 0 spiro atoms. The molecule has 1 aromatic heterocycles. The van der Waals surface area contributed by atoms with Gasteiger partial charge in [0, 0.05) is 24.4 Å². The molecule has 1 heterocycles.